The molecule has 2 rings (SSSR count). The molecular weight excluding hydrogens is 474 g/mol. The molecule has 3 amide bonds. The summed E-state index contributed by atoms with van der Waals surface area (Å²) >= 11 is 0. The van der Waals surface area contributed by atoms with E-state index in [9.17, 15) is 19.2 Å². The molecule has 9 heteroatoms. The Balaban J connectivity index is 2.37. The predicted molar refractivity (Wildman–Crippen MR) is 140 cm³/mol. The number of esters is 1. The van der Waals surface area contributed by atoms with Gasteiger partial charge in [0.1, 0.15) is 17.7 Å². The number of hydrogen-bond donors (Lipinski definition) is 2. The van der Waals surface area contributed by atoms with Crippen molar-refractivity contribution in [1.29, 1.82) is 0 Å². The number of alkyl carbamates (subject to hydrolysis) is 1. The van der Waals surface area contributed by atoms with Gasteiger partial charge in [0.15, 0.2) is 0 Å². The van der Waals surface area contributed by atoms with Crippen LogP contribution in [0.15, 0.2) is 30.3 Å². The number of carbonyl (C=O) groups is 4. The van der Waals surface area contributed by atoms with Gasteiger partial charge in [-0.2, -0.15) is 0 Å². The minimum absolute atomic E-state index is 0.0328. The van der Waals surface area contributed by atoms with Gasteiger partial charge in [-0.15, -0.1) is 0 Å². The fourth-order valence-corrected chi connectivity index (χ4v) is 4.19. The smallest absolute Gasteiger partial charge is 0.408 e. The Morgan fingerprint density at radius 1 is 1.11 bits per heavy atom. The first-order chi connectivity index (χ1) is 17.3. The normalized spacial score (nSPS) is 18.4. The van der Waals surface area contributed by atoms with Crippen LogP contribution >= 0.6 is 0 Å². The Morgan fingerprint density at radius 3 is 2.24 bits per heavy atom. The van der Waals surface area contributed by atoms with Gasteiger partial charge in [-0.3, -0.25) is 14.4 Å². The first-order valence-corrected chi connectivity index (χ1v) is 13.1. The number of carbonyl (C=O) groups excluding carboxylic acids is 4. The van der Waals surface area contributed by atoms with E-state index in [1.165, 1.54) is 0 Å². The molecular formula is C28H43N3O6. The summed E-state index contributed by atoms with van der Waals surface area (Å²) in [4.78, 5) is 53.7. The van der Waals surface area contributed by atoms with E-state index in [0.29, 0.717) is 12.0 Å². The van der Waals surface area contributed by atoms with E-state index in [-0.39, 0.29) is 49.3 Å². The molecule has 0 aromatic heterocycles. The van der Waals surface area contributed by atoms with Crippen molar-refractivity contribution in [2.75, 3.05) is 13.2 Å². The molecule has 37 heavy (non-hydrogen) atoms. The molecule has 0 spiro atoms. The topological polar surface area (TPSA) is 114 Å². The van der Waals surface area contributed by atoms with E-state index in [2.05, 4.69) is 10.6 Å². The maximum absolute atomic E-state index is 14.1. The third-order valence-corrected chi connectivity index (χ3v) is 5.95. The Hall–Kier alpha value is -3.10. The van der Waals surface area contributed by atoms with Crippen LogP contribution < -0.4 is 10.6 Å². The maximum atomic E-state index is 14.1. The number of benzene rings is 1. The number of nitrogens with zero attached hydrogens (tertiary/aromatic N) is 1. The second kappa shape index (κ2) is 13.4. The van der Waals surface area contributed by atoms with E-state index in [0.717, 1.165) is 6.42 Å². The summed E-state index contributed by atoms with van der Waals surface area (Å²) in [5.41, 5.74) is -0.0601. The fraction of sp³-hybridized carbons (Fsp3) is 0.643. The third-order valence-electron chi connectivity index (χ3n) is 5.95. The highest BCUT2D eigenvalue weighted by Gasteiger charge is 2.48. The Kier molecular flexibility index (Phi) is 10.9. The molecule has 4 unspecified atom stereocenters. The Bertz CT molecular complexity index is 928. The molecule has 0 radical (unpaired) electrons. The lowest BCUT2D eigenvalue weighted by atomic mass is 9.99. The lowest BCUT2D eigenvalue weighted by Crippen LogP contribution is -2.54. The number of rotatable bonds is 12. The monoisotopic (exact) mass is 517 g/mol. The van der Waals surface area contributed by atoms with Crippen molar-refractivity contribution in [2.24, 2.45) is 11.8 Å². The summed E-state index contributed by atoms with van der Waals surface area (Å²) in [6.45, 7) is 13.3. The van der Waals surface area contributed by atoms with E-state index in [1.54, 1.807) is 32.6 Å². The van der Waals surface area contributed by atoms with Crippen molar-refractivity contribution in [2.45, 2.75) is 91.5 Å². The van der Waals surface area contributed by atoms with Crippen molar-refractivity contribution in [3.63, 3.8) is 0 Å². The second-order valence-electron chi connectivity index (χ2n) is 11.0. The summed E-state index contributed by atoms with van der Waals surface area (Å²) in [5.74, 6) is -0.798. The van der Waals surface area contributed by atoms with Crippen LogP contribution in [-0.2, 0) is 23.9 Å². The van der Waals surface area contributed by atoms with Crippen molar-refractivity contribution >= 4 is 23.9 Å². The van der Waals surface area contributed by atoms with Crippen molar-refractivity contribution < 1.29 is 28.7 Å². The van der Waals surface area contributed by atoms with Crippen LogP contribution in [0.4, 0.5) is 4.79 Å². The summed E-state index contributed by atoms with van der Waals surface area (Å²) in [5, 5.41) is 5.56. The van der Waals surface area contributed by atoms with Crippen LogP contribution in [0.25, 0.3) is 0 Å². The van der Waals surface area contributed by atoms with Gasteiger partial charge in [0, 0.05) is 12.6 Å². The molecule has 0 heterocycles. The van der Waals surface area contributed by atoms with Crippen LogP contribution in [0.5, 0.6) is 0 Å². The van der Waals surface area contributed by atoms with Gasteiger partial charge in [-0.1, -0.05) is 51.1 Å². The van der Waals surface area contributed by atoms with Gasteiger partial charge in [0.05, 0.1) is 13.0 Å². The molecule has 0 saturated heterocycles. The van der Waals surface area contributed by atoms with E-state index < -0.39 is 29.7 Å². The van der Waals surface area contributed by atoms with Gasteiger partial charge in [-0.05, 0) is 57.9 Å². The highest BCUT2D eigenvalue weighted by atomic mass is 16.6. The standard InChI is InChI=1S/C28H43N3O6/c1-8-36-23(32)14-15-29-25(33)24(20-12-10-9-11-13-20)31(22-17-19(22)4)26(34)21(16-18(2)3)30-27(35)37-28(5,6)7/h9-13,18-19,21-22,24H,8,14-17H2,1-7H3,(H,29,33)(H,30,35). The SMILES string of the molecule is CCOC(=O)CCNC(=O)C(c1ccccc1)N(C(=O)C(CC(C)C)NC(=O)OC(C)(C)C)C1CC1C. The zero-order chi connectivity index (χ0) is 27.8. The molecule has 1 fully saturated rings. The summed E-state index contributed by atoms with van der Waals surface area (Å²) in [6.07, 6.45) is 0.504. The highest BCUT2D eigenvalue weighted by molar-refractivity contribution is 5.92. The summed E-state index contributed by atoms with van der Waals surface area (Å²) in [7, 11) is 0. The fourth-order valence-electron chi connectivity index (χ4n) is 4.19. The molecule has 1 aromatic rings. The third kappa shape index (κ3) is 9.70. The average Bonchev–Trinajstić information content (AvgIpc) is 3.51. The van der Waals surface area contributed by atoms with Gasteiger partial charge >= 0.3 is 12.1 Å². The zero-order valence-electron chi connectivity index (χ0n) is 23.2. The van der Waals surface area contributed by atoms with E-state index in [1.807, 2.05) is 51.1 Å². The predicted octanol–water partition coefficient (Wildman–Crippen LogP) is 3.97. The molecule has 1 aliphatic carbocycles. The van der Waals surface area contributed by atoms with Crippen LogP contribution in [-0.4, -0.2) is 59.6 Å². The summed E-state index contributed by atoms with van der Waals surface area (Å²) < 4.78 is 10.4. The zero-order valence-corrected chi connectivity index (χ0v) is 23.2. The molecule has 1 aromatic carbocycles. The molecule has 4 atom stereocenters. The van der Waals surface area contributed by atoms with Crippen molar-refractivity contribution in [3.8, 4) is 0 Å². The number of hydrogen-bond acceptors (Lipinski definition) is 6. The Labute approximate surface area is 220 Å². The van der Waals surface area contributed by atoms with E-state index >= 15 is 0 Å². The number of ether oxygens (including phenoxy) is 2. The maximum Gasteiger partial charge on any atom is 0.408 e. The molecule has 0 aliphatic heterocycles. The molecule has 1 aliphatic rings. The van der Waals surface area contributed by atoms with Gasteiger partial charge in [0.2, 0.25) is 11.8 Å². The van der Waals surface area contributed by atoms with Crippen LogP contribution in [0, 0.1) is 11.8 Å². The molecule has 9 nitrogen and oxygen atoms in total. The Morgan fingerprint density at radius 2 is 1.73 bits per heavy atom. The van der Waals surface area contributed by atoms with Gasteiger partial charge in [0.25, 0.3) is 0 Å². The van der Waals surface area contributed by atoms with Crippen molar-refractivity contribution in [3.05, 3.63) is 35.9 Å². The number of nitrogens with one attached hydrogen (secondary N) is 2. The van der Waals surface area contributed by atoms with Crippen molar-refractivity contribution in [1.82, 2.24) is 15.5 Å². The van der Waals surface area contributed by atoms with E-state index in [4.69, 9.17) is 9.47 Å². The first kappa shape index (κ1) is 30.1. The average molecular weight is 518 g/mol. The van der Waals surface area contributed by atoms with Crippen LogP contribution in [0.3, 0.4) is 0 Å². The first-order valence-electron chi connectivity index (χ1n) is 13.1. The quantitative estimate of drug-likeness (QED) is 0.406. The minimum atomic E-state index is -0.916. The molecule has 0 bridgehead atoms. The molecule has 2 N–H and O–H groups in total. The van der Waals surface area contributed by atoms with Gasteiger partial charge in [-0.25, -0.2) is 4.79 Å². The summed E-state index contributed by atoms with van der Waals surface area (Å²) in [6, 6.07) is 7.17. The lowest BCUT2D eigenvalue weighted by molar-refractivity contribution is -0.145. The molecule has 1 saturated carbocycles. The molecule has 206 valence electrons. The second-order valence-corrected chi connectivity index (χ2v) is 11.0. The lowest BCUT2D eigenvalue weighted by Gasteiger charge is -2.35. The minimum Gasteiger partial charge on any atom is -0.466 e. The highest BCUT2D eigenvalue weighted by Crippen LogP contribution is 2.41. The van der Waals surface area contributed by atoms with Gasteiger partial charge < -0.3 is 25.0 Å². The largest absolute Gasteiger partial charge is 0.466 e. The van der Waals surface area contributed by atoms with Crippen LogP contribution in [0.2, 0.25) is 0 Å². The van der Waals surface area contributed by atoms with Crippen LogP contribution in [0.1, 0.15) is 79.3 Å². The number of amides is 3.